The quantitative estimate of drug-likeness (QED) is 0.418. The number of benzene rings is 1. The summed E-state index contributed by atoms with van der Waals surface area (Å²) in [7, 11) is 0. The molecule has 0 spiro atoms. The van der Waals surface area contributed by atoms with Gasteiger partial charge in [0, 0.05) is 12.2 Å². The summed E-state index contributed by atoms with van der Waals surface area (Å²) in [6.07, 6.45) is 2.49. The van der Waals surface area contributed by atoms with Gasteiger partial charge in [-0.05, 0) is 30.7 Å². The van der Waals surface area contributed by atoms with Gasteiger partial charge in [-0.3, -0.25) is 0 Å². The third kappa shape index (κ3) is 6.26. The van der Waals surface area contributed by atoms with Gasteiger partial charge in [0.05, 0.1) is 24.2 Å². The lowest BCUT2D eigenvalue weighted by molar-refractivity contribution is 0.0498. The van der Waals surface area contributed by atoms with Gasteiger partial charge in [0.1, 0.15) is 0 Å². The lowest BCUT2D eigenvalue weighted by Gasteiger charge is -2.10. The average molecular weight is 300 g/mol. The van der Waals surface area contributed by atoms with Crippen LogP contribution in [0.4, 0.5) is 5.69 Å². The summed E-state index contributed by atoms with van der Waals surface area (Å²) >= 11 is 5.50. The summed E-state index contributed by atoms with van der Waals surface area (Å²) < 4.78 is 5.17. The van der Waals surface area contributed by atoms with Crippen LogP contribution < -0.4 is 5.32 Å². The highest BCUT2D eigenvalue weighted by molar-refractivity contribution is 6.18. The van der Waals surface area contributed by atoms with Crippen molar-refractivity contribution >= 4 is 23.3 Å². The molecule has 0 amide bonds. The number of aliphatic hydroxyl groups excluding tert-OH is 1. The van der Waals surface area contributed by atoms with Crippen molar-refractivity contribution < 1.29 is 14.6 Å². The van der Waals surface area contributed by atoms with E-state index in [1.54, 1.807) is 24.3 Å². The molecule has 4 nitrogen and oxygen atoms in total. The number of carbonyl (C=O) groups excluding carboxylic acids is 1. The Morgan fingerprint density at radius 3 is 2.65 bits per heavy atom. The van der Waals surface area contributed by atoms with E-state index < -0.39 is 6.10 Å². The van der Waals surface area contributed by atoms with E-state index in [1.807, 2.05) is 0 Å². The predicted molar refractivity (Wildman–Crippen MR) is 81.5 cm³/mol. The summed E-state index contributed by atoms with van der Waals surface area (Å²) in [5.74, 6) is -0.108. The molecule has 0 saturated heterocycles. The number of ether oxygens (including phenoxy) is 1. The number of hydrogen-bond acceptors (Lipinski definition) is 4. The number of carbonyl (C=O) groups is 1. The van der Waals surface area contributed by atoms with Gasteiger partial charge in [0.25, 0.3) is 0 Å². The van der Waals surface area contributed by atoms with Crippen molar-refractivity contribution in [3.8, 4) is 0 Å². The molecular formula is C15H22ClNO3. The third-order valence-corrected chi connectivity index (χ3v) is 3.18. The highest BCUT2D eigenvalue weighted by Gasteiger charge is 2.07. The Hall–Kier alpha value is -1.26. The fourth-order valence-corrected chi connectivity index (χ4v) is 1.72. The summed E-state index contributed by atoms with van der Waals surface area (Å²) in [5, 5.41) is 12.4. The van der Waals surface area contributed by atoms with Gasteiger partial charge in [-0.2, -0.15) is 0 Å². The Kier molecular flexibility index (Phi) is 8.07. The lowest BCUT2D eigenvalue weighted by Crippen LogP contribution is -2.20. The maximum absolute atomic E-state index is 11.7. The molecule has 1 aromatic carbocycles. The minimum atomic E-state index is -0.583. The van der Waals surface area contributed by atoms with Crippen molar-refractivity contribution in [1.82, 2.24) is 0 Å². The number of nitrogens with one attached hydrogen (secondary N) is 1. The summed E-state index contributed by atoms with van der Waals surface area (Å²) in [6.45, 7) is 2.95. The van der Waals surface area contributed by atoms with Crippen LogP contribution in [0.15, 0.2) is 24.3 Å². The number of halogens is 1. The Balaban J connectivity index is 2.39. The molecular weight excluding hydrogens is 278 g/mol. The Morgan fingerprint density at radius 1 is 1.35 bits per heavy atom. The number of esters is 1. The molecule has 0 aliphatic heterocycles. The van der Waals surface area contributed by atoms with Crippen LogP contribution in [0, 0.1) is 0 Å². The third-order valence-electron chi connectivity index (χ3n) is 2.82. The number of hydrogen-bond donors (Lipinski definition) is 2. The second-order valence-corrected chi connectivity index (χ2v) is 4.92. The van der Waals surface area contributed by atoms with Crippen LogP contribution in [0.25, 0.3) is 0 Å². The number of unbranched alkanes of at least 4 members (excludes halogenated alkanes) is 2. The zero-order valence-electron chi connectivity index (χ0n) is 11.8. The standard InChI is InChI=1S/C15H22ClNO3/c1-2-3-4-9-20-15(19)12-5-7-13(8-6-12)17-11-14(18)10-16/h5-8,14,17-18H,2-4,9-11H2,1H3. The zero-order chi connectivity index (χ0) is 14.8. The summed E-state index contributed by atoms with van der Waals surface area (Å²) in [5.41, 5.74) is 1.36. The van der Waals surface area contributed by atoms with Crippen LogP contribution in [0.1, 0.15) is 36.5 Å². The van der Waals surface area contributed by atoms with E-state index in [4.69, 9.17) is 16.3 Å². The molecule has 0 aliphatic carbocycles. The van der Waals surface area contributed by atoms with Crippen LogP contribution in [-0.2, 0) is 4.74 Å². The van der Waals surface area contributed by atoms with Gasteiger partial charge < -0.3 is 15.2 Å². The zero-order valence-corrected chi connectivity index (χ0v) is 12.5. The molecule has 0 aliphatic rings. The minimum Gasteiger partial charge on any atom is -0.462 e. The number of anilines is 1. The van der Waals surface area contributed by atoms with Crippen molar-refractivity contribution in [3.63, 3.8) is 0 Å². The van der Waals surface area contributed by atoms with Crippen molar-refractivity contribution in [1.29, 1.82) is 0 Å². The molecule has 0 radical (unpaired) electrons. The van der Waals surface area contributed by atoms with Crippen LogP contribution in [-0.4, -0.2) is 36.2 Å². The van der Waals surface area contributed by atoms with E-state index in [0.717, 1.165) is 24.9 Å². The van der Waals surface area contributed by atoms with E-state index in [1.165, 1.54) is 0 Å². The van der Waals surface area contributed by atoms with Gasteiger partial charge in [-0.1, -0.05) is 19.8 Å². The fraction of sp³-hybridized carbons (Fsp3) is 0.533. The number of rotatable bonds is 9. The Morgan fingerprint density at radius 2 is 2.05 bits per heavy atom. The van der Waals surface area contributed by atoms with Gasteiger partial charge in [-0.15, -0.1) is 11.6 Å². The first-order chi connectivity index (χ1) is 9.67. The van der Waals surface area contributed by atoms with Crippen LogP contribution in [0.5, 0.6) is 0 Å². The SMILES string of the molecule is CCCCCOC(=O)c1ccc(NCC(O)CCl)cc1. The maximum Gasteiger partial charge on any atom is 0.338 e. The minimum absolute atomic E-state index is 0.190. The molecule has 1 aromatic rings. The smallest absolute Gasteiger partial charge is 0.338 e. The predicted octanol–water partition coefficient (Wildman–Crippen LogP) is 3.05. The van der Waals surface area contributed by atoms with E-state index in [-0.39, 0.29) is 11.8 Å². The second-order valence-electron chi connectivity index (χ2n) is 4.61. The van der Waals surface area contributed by atoms with E-state index in [0.29, 0.717) is 18.7 Å². The second kappa shape index (κ2) is 9.61. The molecule has 0 bridgehead atoms. The van der Waals surface area contributed by atoms with Crippen molar-refractivity contribution in [2.75, 3.05) is 24.3 Å². The van der Waals surface area contributed by atoms with Crippen molar-refractivity contribution in [3.05, 3.63) is 29.8 Å². The molecule has 0 saturated carbocycles. The fourth-order valence-electron chi connectivity index (χ4n) is 1.61. The van der Waals surface area contributed by atoms with E-state index >= 15 is 0 Å². The van der Waals surface area contributed by atoms with Gasteiger partial charge >= 0.3 is 5.97 Å². The lowest BCUT2D eigenvalue weighted by atomic mass is 10.2. The average Bonchev–Trinajstić information content (AvgIpc) is 2.49. The van der Waals surface area contributed by atoms with E-state index in [2.05, 4.69) is 12.2 Å². The summed E-state index contributed by atoms with van der Waals surface area (Å²) in [4.78, 5) is 11.7. The molecule has 1 unspecified atom stereocenters. The van der Waals surface area contributed by atoms with E-state index in [9.17, 15) is 9.90 Å². The first kappa shape index (κ1) is 16.8. The number of aliphatic hydroxyl groups is 1. The van der Waals surface area contributed by atoms with Gasteiger partial charge in [0.2, 0.25) is 0 Å². The molecule has 0 aromatic heterocycles. The molecule has 5 heteroatoms. The largest absolute Gasteiger partial charge is 0.462 e. The topological polar surface area (TPSA) is 58.6 Å². The van der Waals surface area contributed by atoms with Crippen molar-refractivity contribution in [2.24, 2.45) is 0 Å². The Labute approximate surface area is 125 Å². The monoisotopic (exact) mass is 299 g/mol. The molecule has 112 valence electrons. The maximum atomic E-state index is 11.7. The first-order valence-corrected chi connectivity index (χ1v) is 7.46. The highest BCUT2D eigenvalue weighted by atomic mass is 35.5. The van der Waals surface area contributed by atoms with Crippen LogP contribution in [0.2, 0.25) is 0 Å². The molecule has 1 rings (SSSR count). The van der Waals surface area contributed by atoms with Gasteiger partial charge in [-0.25, -0.2) is 4.79 Å². The Bertz CT molecular complexity index is 395. The summed E-state index contributed by atoms with van der Waals surface area (Å²) in [6, 6.07) is 6.97. The normalized spacial score (nSPS) is 11.9. The number of alkyl halides is 1. The molecule has 0 fully saturated rings. The van der Waals surface area contributed by atoms with Crippen LogP contribution in [0.3, 0.4) is 0 Å². The molecule has 2 N–H and O–H groups in total. The van der Waals surface area contributed by atoms with Crippen LogP contribution >= 0.6 is 11.6 Å². The first-order valence-electron chi connectivity index (χ1n) is 6.92. The van der Waals surface area contributed by atoms with Gasteiger partial charge in [0.15, 0.2) is 0 Å². The molecule has 1 atom stereocenters. The highest BCUT2D eigenvalue weighted by Crippen LogP contribution is 2.11. The molecule has 20 heavy (non-hydrogen) atoms. The molecule has 0 heterocycles. The van der Waals surface area contributed by atoms with Crippen molar-refractivity contribution in [2.45, 2.75) is 32.3 Å².